The Labute approximate surface area is 132 Å². The molecule has 5 heteroatoms. The second-order valence-corrected chi connectivity index (χ2v) is 5.40. The largest absolute Gasteiger partial charge is 0.494 e. The molecule has 1 aliphatic carbocycles. The van der Waals surface area contributed by atoms with Crippen molar-refractivity contribution in [2.24, 2.45) is 17.6 Å². The molecule has 4 nitrogen and oxygen atoms in total. The Morgan fingerprint density at radius 1 is 1.24 bits per heavy atom. The van der Waals surface area contributed by atoms with Crippen molar-refractivity contribution in [2.75, 3.05) is 18.5 Å². The molecule has 0 heterocycles. The highest BCUT2D eigenvalue weighted by Gasteiger charge is 2.25. The number of nitrogens with two attached hydrogens (primary N) is 1. The number of anilines is 1. The van der Waals surface area contributed by atoms with E-state index in [1.165, 1.54) is 0 Å². The lowest BCUT2D eigenvalue weighted by atomic mass is 9.81. The summed E-state index contributed by atoms with van der Waals surface area (Å²) in [5.41, 5.74) is 6.51. The average Bonchev–Trinajstić information content (AvgIpc) is 2.49. The van der Waals surface area contributed by atoms with Gasteiger partial charge in [-0.2, -0.15) is 0 Å². The highest BCUT2D eigenvalue weighted by atomic mass is 35.5. The first kappa shape index (κ1) is 17.8. The Kier molecular flexibility index (Phi) is 7.54. The van der Waals surface area contributed by atoms with Crippen LogP contribution in [0.25, 0.3) is 0 Å². The van der Waals surface area contributed by atoms with E-state index in [0.717, 1.165) is 43.7 Å². The normalized spacial score (nSPS) is 21.2. The van der Waals surface area contributed by atoms with Gasteiger partial charge >= 0.3 is 0 Å². The Hall–Kier alpha value is -1.26. The van der Waals surface area contributed by atoms with Gasteiger partial charge in [-0.3, -0.25) is 4.79 Å². The highest BCUT2D eigenvalue weighted by Crippen LogP contribution is 2.29. The van der Waals surface area contributed by atoms with Crippen molar-refractivity contribution in [2.45, 2.75) is 32.6 Å². The van der Waals surface area contributed by atoms with Crippen LogP contribution in [-0.4, -0.2) is 19.1 Å². The first-order chi connectivity index (χ1) is 9.72. The number of benzene rings is 1. The molecular formula is C16H25ClN2O2. The number of carbonyl (C=O) groups is 1. The summed E-state index contributed by atoms with van der Waals surface area (Å²) in [7, 11) is 0. The van der Waals surface area contributed by atoms with E-state index in [-0.39, 0.29) is 24.2 Å². The van der Waals surface area contributed by atoms with Crippen LogP contribution in [0.1, 0.15) is 32.6 Å². The topological polar surface area (TPSA) is 64.3 Å². The van der Waals surface area contributed by atoms with E-state index >= 15 is 0 Å². The molecule has 1 aromatic carbocycles. The molecule has 0 atom stereocenters. The van der Waals surface area contributed by atoms with Crippen molar-refractivity contribution in [3.63, 3.8) is 0 Å². The Morgan fingerprint density at radius 3 is 2.38 bits per heavy atom. The SMILES string of the molecule is CCOc1ccc(NC(=O)[C@H]2CC[C@H](CN)CC2)cc1.Cl. The molecule has 0 unspecified atom stereocenters. The van der Waals surface area contributed by atoms with Crippen molar-refractivity contribution in [3.05, 3.63) is 24.3 Å². The van der Waals surface area contributed by atoms with Crippen molar-refractivity contribution in [3.8, 4) is 5.75 Å². The van der Waals surface area contributed by atoms with Crippen molar-refractivity contribution < 1.29 is 9.53 Å². The lowest BCUT2D eigenvalue weighted by Crippen LogP contribution is -2.29. The summed E-state index contributed by atoms with van der Waals surface area (Å²) in [4.78, 5) is 12.2. The predicted octanol–water partition coefficient (Wildman–Crippen LogP) is 3.21. The van der Waals surface area contributed by atoms with Crippen molar-refractivity contribution >= 4 is 24.0 Å². The number of hydrogen-bond donors (Lipinski definition) is 2. The Bertz CT molecular complexity index is 428. The van der Waals surface area contributed by atoms with Gasteiger partial charge in [0.15, 0.2) is 0 Å². The van der Waals surface area contributed by atoms with Gasteiger partial charge in [-0.15, -0.1) is 12.4 Å². The van der Waals surface area contributed by atoms with E-state index < -0.39 is 0 Å². The van der Waals surface area contributed by atoms with Crippen LogP contribution in [0.5, 0.6) is 5.75 Å². The molecular weight excluding hydrogens is 288 g/mol. The second-order valence-electron chi connectivity index (χ2n) is 5.40. The summed E-state index contributed by atoms with van der Waals surface area (Å²) >= 11 is 0. The molecule has 118 valence electrons. The lowest BCUT2D eigenvalue weighted by molar-refractivity contribution is -0.121. The average molecular weight is 313 g/mol. The molecule has 0 bridgehead atoms. The molecule has 1 aliphatic rings. The molecule has 21 heavy (non-hydrogen) atoms. The molecule has 1 fully saturated rings. The van der Waals surface area contributed by atoms with Crippen LogP contribution in [-0.2, 0) is 4.79 Å². The number of nitrogens with one attached hydrogen (secondary N) is 1. The van der Waals surface area contributed by atoms with E-state index in [0.29, 0.717) is 12.5 Å². The molecule has 1 saturated carbocycles. The molecule has 0 aliphatic heterocycles. The van der Waals surface area contributed by atoms with Crippen LogP contribution in [0.4, 0.5) is 5.69 Å². The number of hydrogen-bond acceptors (Lipinski definition) is 3. The molecule has 3 N–H and O–H groups in total. The van der Waals surface area contributed by atoms with Crippen LogP contribution in [0, 0.1) is 11.8 Å². The van der Waals surface area contributed by atoms with E-state index in [9.17, 15) is 4.79 Å². The molecule has 1 amide bonds. The zero-order chi connectivity index (χ0) is 14.4. The molecule has 1 aromatic rings. The van der Waals surface area contributed by atoms with Gasteiger partial charge in [-0.25, -0.2) is 0 Å². The van der Waals surface area contributed by atoms with E-state index in [1.54, 1.807) is 0 Å². The lowest BCUT2D eigenvalue weighted by Gasteiger charge is -2.26. The minimum atomic E-state index is 0. The van der Waals surface area contributed by atoms with Gasteiger partial charge in [-0.05, 0) is 69.3 Å². The van der Waals surface area contributed by atoms with E-state index in [2.05, 4.69) is 5.32 Å². The van der Waals surface area contributed by atoms with Crippen LogP contribution in [0.3, 0.4) is 0 Å². The Balaban J connectivity index is 0.00000220. The maximum Gasteiger partial charge on any atom is 0.227 e. The summed E-state index contributed by atoms with van der Waals surface area (Å²) in [5, 5.41) is 2.99. The fourth-order valence-electron chi connectivity index (χ4n) is 2.71. The summed E-state index contributed by atoms with van der Waals surface area (Å²) in [6.07, 6.45) is 4.03. The summed E-state index contributed by atoms with van der Waals surface area (Å²) in [6.45, 7) is 3.34. The van der Waals surface area contributed by atoms with Crippen molar-refractivity contribution in [1.29, 1.82) is 0 Å². The van der Waals surface area contributed by atoms with E-state index in [4.69, 9.17) is 10.5 Å². The quantitative estimate of drug-likeness (QED) is 0.877. The summed E-state index contributed by atoms with van der Waals surface area (Å²) in [5.74, 6) is 1.69. The molecule has 0 saturated heterocycles. The number of halogens is 1. The van der Waals surface area contributed by atoms with Gasteiger partial charge in [0, 0.05) is 11.6 Å². The number of amides is 1. The van der Waals surface area contributed by atoms with Gasteiger partial charge in [0.2, 0.25) is 5.91 Å². The summed E-state index contributed by atoms with van der Waals surface area (Å²) < 4.78 is 5.38. The standard InChI is InChI=1S/C16H24N2O2.ClH/c1-2-20-15-9-7-14(8-10-15)18-16(19)13-5-3-12(11-17)4-6-13;/h7-10,12-13H,2-6,11,17H2,1H3,(H,18,19);1H/t12-,13-;. The monoisotopic (exact) mass is 312 g/mol. The first-order valence-corrected chi connectivity index (χ1v) is 7.46. The zero-order valence-corrected chi connectivity index (χ0v) is 13.3. The fraction of sp³-hybridized carbons (Fsp3) is 0.562. The smallest absolute Gasteiger partial charge is 0.227 e. The summed E-state index contributed by atoms with van der Waals surface area (Å²) in [6, 6.07) is 7.53. The molecule has 0 spiro atoms. The third-order valence-corrected chi connectivity index (χ3v) is 3.98. The minimum Gasteiger partial charge on any atom is -0.494 e. The molecule has 0 aromatic heterocycles. The van der Waals surface area contributed by atoms with Gasteiger partial charge in [0.25, 0.3) is 0 Å². The molecule has 0 radical (unpaired) electrons. The minimum absolute atomic E-state index is 0. The predicted molar refractivity (Wildman–Crippen MR) is 88.0 cm³/mol. The van der Waals surface area contributed by atoms with Crippen LogP contribution >= 0.6 is 12.4 Å². The first-order valence-electron chi connectivity index (χ1n) is 7.46. The van der Waals surface area contributed by atoms with Gasteiger partial charge in [0.1, 0.15) is 5.75 Å². The number of ether oxygens (including phenoxy) is 1. The number of carbonyl (C=O) groups excluding carboxylic acids is 1. The third kappa shape index (κ3) is 5.21. The van der Waals surface area contributed by atoms with Gasteiger partial charge in [-0.1, -0.05) is 0 Å². The maximum absolute atomic E-state index is 12.2. The Morgan fingerprint density at radius 2 is 1.86 bits per heavy atom. The second kappa shape index (κ2) is 8.90. The maximum atomic E-state index is 12.2. The van der Waals surface area contributed by atoms with Crippen molar-refractivity contribution in [1.82, 2.24) is 0 Å². The van der Waals surface area contributed by atoms with Gasteiger partial charge < -0.3 is 15.8 Å². The van der Waals surface area contributed by atoms with Crippen LogP contribution in [0.15, 0.2) is 24.3 Å². The van der Waals surface area contributed by atoms with Crippen LogP contribution < -0.4 is 15.8 Å². The zero-order valence-electron chi connectivity index (χ0n) is 12.5. The van der Waals surface area contributed by atoms with E-state index in [1.807, 2.05) is 31.2 Å². The number of rotatable bonds is 5. The van der Waals surface area contributed by atoms with Crippen LogP contribution in [0.2, 0.25) is 0 Å². The van der Waals surface area contributed by atoms with Gasteiger partial charge in [0.05, 0.1) is 6.61 Å². The fourth-order valence-corrected chi connectivity index (χ4v) is 2.71. The third-order valence-electron chi connectivity index (χ3n) is 3.98. The highest BCUT2D eigenvalue weighted by molar-refractivity contribution is 5.92. The molecule has 2 rings (SSSR count).